The summed E-state index contributed by atoms with van der Waals surface area (Å²) in [7, 11) is 0. The van der Waals surface area contributed by atoms with Crippen LogP contribution in [0.2, 0.25) is 0 Å². The molecular formula is C19H23FN2OS. The molecular weight excluding hydrogens is 323 g/mol. The Balaban J connectivity index is 1.68. The Morgan fingerprint density at radius 2 is 2.12 bits per heavy atom. The van der Waals surface area contributed by atoms with Crippen molar-refractivity contribution < 1.29 is 9.18 Å². The highest BCUT2D eigenvalue weighted by molar-refractivity contribution is 7.13. The molecule has 0 bridgehead atoms. The Kier molecular flexibility index (Phi) is 5.61. The van der Waals surface area contributed by atoms with E-state index in [2.05, 4.69) is 4.98 Å². The quantitative estimate of drug-likeness (QED) is 0.788. The smallest absolute Gasteiger partial charge is 0.228 e. The van der Waals surface area contributed by atoms with Gasteiger partial charge >= 0.3 is 0 Å². The van der Waals surface area contributed by atoms with E-state index in [-0.39, 0.29) is 11.7 Å². The standard InChI is InChI=1S/C19H23FN2OS/c1-2-22(17-9-4-3-5-10-17)18(23)12-16-13-24-19(21-16)14-7-6-8-15(20)11-14/h6-8,11,13,17H,2-5,9-10,12H2,1H3. The molecule has 1 aliphatic carbocycles. The number of benzene rings is 1. The zero-order chi connectivity index (χ0) is 16.9. The van der Waals surface area contributed by atoms with Gasteiger partial charge in [0.1, 0.15) is 10.8 Å². The minimum Gasteiger partial charge on any atom is -0.340 e. The van der Waals surface area contributed by atoms with E-state index >= 15 is 0 Å². The summed E-state index contributed by atoms with van der Waals surface area (Å²) in [6.07, 6.45) is 6.28. The predicted octanol–water partition coefficient (Wildman–Crippen LogP) is 4.67. The summed E-state index contributed by atoms with van der Waals surface area (Å²) in [5.74, 6) is -0.115. The maximum atomic E-state index is 13.3. The lowest BCUT2D eigenvalue weighted by Crippen LogP contribution is -2.42. The molecule has 1 saturated carbocycles. The lowest BCUT2D eigenvalue weighted by Gasteiger charge is -2.33. The van der Waals surface area contributed by atoms with Crippen molar-refractivity contribution in [3.05, 3.63) is 41.2 Å². The van der Waals surface area contributed by atoms with Crippen LogP contribution < -0.4 is 0 Å². The number of hydrogen-bond acceptors (Lipinski definition) is 3. The molecule has 1 fully saturated rings. The van der Waals surface area contributed by atoms with Crippen LogP contribution in [0, 0.1) is 5.82 Å². The van der Waals surface area contributed by atoms with Crippen LogP contribution in [-0.4, -0.2) is 28.4 Å². The third-order valence-electron chi connectivity index (χ3n) is 4.63. The van der Waals surface area contributed by atoms with Crippen molar-refractivity contribution in [1.82, 2.24) is 9.88 Å². The van der Waals surface area contributed by atoms with Crippen molar-refractivity contribution in [2.75, 3.05) is 6.54 Å². The Bertz CT molecular complexity index is 694. The van der Waals surface area contributed by atoms with Gasteiger partial charge in [-0.2, -0.15) is 0 Å². The SMILES string of the molecule is CCN(C(=O)Cc1csc(-c2cccc(F)c2)n1)C1CCCCC1. The van der Waals surface area contributed by atoms with Crippen molar-refractivity contribution in [1.29, 1.82) is 0 Å². The second-order valence-electron chi connectivity index (χ2n) is 6.30. The first-order chi connectivity index (χ1) is 11.7. The van der Waals surface area contributed by atoms with Gasteiger partial charge in [-0.3, -0.25) is 4.79 Å². The highest BCUT2D eigenvalue weighted by atomic mass is 32.1. The maximum absolute atomic E-state index is 13.3. The Morgan fingerprint density at radius 1 is 1.33 bits per heavy atom. The first-order valence-electron chi connectivity index (χ1n) is 8.67. The van der Waals surface area contributed by atoms with Crippen molar-refractivity contribution in [3.63, 3.8) is 0 Å². The number of hydrogen-bond donors (Lipinski definition) is 0. The number of carbonyl (C=O) groups is 1. The van der Waals surface area contributed by atoms with Crippen molar-refractivity contribution in [2.24, 2.45) is 0 Å². The van der Waals surface area contributed by atoms with E-state index in [0.717, 1.165) is 35.7 Å². The van der Waals surface area contributed by atoms with Gasteiger partial charge in [0.2, 0.25) is 5.91 Å². The van der Waals surface area contributed by atoms with E-state index in [9.17, 15) is 9.18 Å². The van der Waals surface area contributed by atoms with Crippen LogP contribution in [-0.2, 0) is 11.2 Å². The number of carbonyl (C=O) groups excluding carboxylic acids is 1. The lowest BCUT2D eigenvalue weighted by molar-refractivity contribution is -0.133. The Labute approximate surface area is 146 Å². The number of amides is 1. The van der Waals surface area contributed by atoms with Crippen LogP contribution in [0.25, 0.3) is 10.6 Å². The summed E-state index contributed by atoms with van der Waals surface area (Å²) in [6.45, 7) is 2.80. The molecule has 0 spiro atoms. The van der Waals surface area contributed by atoms with E-state index in [4.69, 9.17) is 0 Å². The minimum atomic E-state index is -0.269. The summed E-state index contributed by atoms with van der Waals surface area (Å²) in [6, 6.07) is 6.81. The number of rotatable bonds is 5. The van der Waals surface area contributed by atoms with Gasteiger partial charge < -0.3 is 4.90 Å². The Hall–Kier alpha value is -1.75. The number of nitrogens with zero attached hydrogens (tertiary/aromatic N) is 2. The fourth-order valence-electron chi connectivity index (χ4n) is 3.43. The van der Waals surface area contributed by atoms with Crippen LogP contribution in [0.1, 0.15) is 44.7 Å². The van der Waals surface area contributed by atoms with Crippen LogP contribution in [0.15, 0.2) is 29.6 Å². The molecule has 0 unspecified atom stereocenters. The highest BCUT2D eigenvalue weighted by Crippen LogP contribution is 2.26. The summed E-state index contributed by atoms with van der Waals surface area (Å²) in [5.41, 5.74) is 1.54. The van der Waals surface area contributed by atoms with E-state index in [1.807, 2.05) is 23.3 Å². The molecule has 0 atom stereocenters. The summed E-state index contributed by atoms with van der Waals surface area (Å²) in [5, 5.41) is 2.67. The van der Waals surface area contributed by atoms with E-state index < -0.39 is 0 Å². The third kappa shape index (κ3) is 4.01. The van der Waals surface area contributed by atoms with Gasteiger partial charge in [-0.15, -0.1) is 11.3 Å². The van der Waals surface area contributed by atoms with Crippen molar-refractivity contribution in [3.8, 4) is 10.6 Å². The summed E-state index contributed by atoms with van der Waals surface area (Å²) >= 11 is 1.46. The topological polar surface area (TPSA) is 33.2 Å². The van der Waals surface area contributed by atoms with Crippen molar-refractivity contribution in [2.45, 2.75) is 51.5 Å². The first-order valence-corrected chi connectivity index (χ1v) is 9.55. The van der Waals surface area contributed by atoms with Gasteiger partial charge in [0.05, 0.1) is 12.1 Å². The molecule has 3 nitrogen and oxygen atoms in total. The normalized spacial score (nSPS) is 15.4. The molecule has 0 N–H and O–H groups in total. The third-order valence-corrected chi connectivity index (χ3v) is 5.57. The molecule has 24 heavy (non-hydrogen) atoms. The predicted molar refractivity (Wildman–Crippen MR) is 95.5 cm³/mol. The molecule has 0 radical (unpaired) electrons. The minimum absolute atomic E-state index is 0.153. The zero-order valence-corrected chi connectivity index (χ0v) is 14.8. The van der Waals surface area contributed by atoms with Gasteiger partial charge in [0, 0.05) is 23.5 Å². The van der Waals surface area contributed by atoms with Crippen LogP contribution in [0.5, 0.6) is 0 Å². The van der Waals surface area contributed by atoms with Crippen LogP contribution >= 0.6 is 11.3 Å². The molecule has 0 aliphatic heterocycles. The molecule has 1 heterocycles. The van der Waals surface area contributed by atoms with Crippen LogP contribution in [0.4, 0.5) is 4.39 Å². The molecule has 5 heteroatoms. The van der Waals surface area contributed by atoms with E-state index in [0.29, 0.717) is 12.5 Å². The summed E-state index contributed by atoms with van der Waals surface area (Å²) < 4.78 is 13.3. The molecule has 1 amide bonds. The molecule has 128 valence electrons. The van der Waals surface area contributed by atoms with Gasteiger partial charge in [0.25, 0.3) is 0 Å². The van der Waals surface area contributed by atoms with Gasteiger partial charge in [-0.25, -0.2) is 9.37 Å². The monoisotopic (exact) mass is 346 g/mol. The molecule has 0 saturated heterocycles. The number of halogens is 1. The van der Waals surface area contributed by atoms with Gasteiger partial charge in [-0.05, 0) is 31.9 Å². The fourth-order valence-corrected chi connectivity index (χ4v) is 4.25. The van der Waals surface area contributed by atoms with E-state index in [1.54, 1.807) is 6.07 Å². The van der Waals surface area contributed by atoms with Crippen molar-refractivity contribution >= 4 is 17.2 Å². The zero-order valence-electron chi connectivity index (χ0n) is 14.0. The maximum Gasteiger partial charge on any atom is 0.228 e. The van der Waals surface area contributed by atoms with Crippen LogP contribution in [0.3, 0.4) is 0 Å². The molecule has 1 aromatic heterocycles. The van der Waals surface area contributed by atoms with E-state index in [1.165, 1.54) is 42.7 Å². The number of likely N-dealkylation sites (N-methyl/N-ethyl adjacent to an activating group) is 1. The molecule has 2 aromatic rings. The average molecular weight is 346 g/mol. The van der Waals surface area contributed by atoms with Gasteiger partial charge in [0.15, 0.2) is 0 Å². The molecule has 3 rings (SSSR count). The molecule has 1 aromatic carbocycles. The number of thiazole rings is 1. The largest absolute Gasteiger partial charge is 0.340 e. The average Bonchev–Trinajstić information content (AvgIpc) is 3.05. The highest BCUT2D eigenvalue weighted by Gasteiger charge is 2.24. The number of aromatic nitrogens is 1. The lowest BCUT2D eigenvalue weighted by atomic mass is 9.94. The Morgan fingerprint density at radius 3 is 2.83 bits per heavy atom. The fraction of sp³-hybridized carbons (Fsp3) is 0.474. The van der Waals surface area contributed by atoms with Gasteiger partial charge in [-0.1, -0.05) is 31.4 Å². The molecule has 1 aliphatic rings. The summed E-state index contributed by atoms with van der Waals surface area (Å²) in [4.78, 5) is 19.2. The first kappa shape index (κ1) is 17.1. The second kappa shape index (κ2) is 7.88. The second-order valence-corrected chi connectivity index (χ2v) is 7.16.